The molecule has 3 N–H and O–H groups in total. The summed E-state index contributed by atoms with van der Waals surface area (Å²) in [5.41, 5.74) is 11.3. The number of benzene rings is 1. The number of anilines is 2. The molecule has 12 nitrogen and oxygen atoms in total. The number of rotatable bonds is 7. The van der Waals surface area contributed by atoms with E-state index in [1.807, 2.05) is 41.0 Å². The number of aromatic nitrogens is 7. The fourth-order valence-electron chi connectivity index (χ4n) is 5.88. The Labute approximate surface area is 264 Å². The average Bonchev–Trinajstić information content (AvgIpc) is 3.46. The molecule has 1 aromatic carbocycles. The van der Waals surface area contributed by atoms with Crippen molar-refractivity contribution in [2.75, 3.05) is 24.1 Å². The highest BCUT2D eigenvalue weighted by Crippen LogP contribution is 2.31. The first-order valence-electron chi connectivity index (χ1n) is 15.0. The van der Waals surface area contributed by atoms with Gasteiger partial charge in [-0.2, -0.15) is 5.26 Å². The monoisotopic (exact) mass is 609 g/mol. The molecule has 1 fully saturated rings. The summed E-state index contributed by atoms with van der Waals surface area (Å²) in [4.78, 5) is 37.7. The van der Waals surface area contributed by atoms with Gasteiger partial charge in [-0.1, -0.05) is 12.1 Å². The Balaban J connectivity index is 1.15. The van der Waals surface area contributed by atoms with Crippen molar-refractivity contribution in [2.45, 2.75) is 25.4 Å². The first-order valence-corrected chi connectivity index (χ1v) is 15.0. The van der Waals surface area contributed by atoms with Gasteiger partial charge in [0, 0.05) is 57.0 Å². The van der Waals surface area contributed by atoms with E-state index in [9.17, 15) is 4.79 Å². The van der Waals surface area contributed by atoms with Crippen LogP contribution in [0.4, 0.5) is 11.6 Å². The number of likely N-dealkylation sites (tertiary alicyclic amines) is 1. The van der Waals surface area contributed by atoms with Crippen molar-refractivity contribution in [2.24, 2.45) is 7.05 Å². The molecule has 46 heavy (non-hydrogen) atoms. The Hall–Kier alpha value is -5.93. The number of imidazole rings is 1. The minimum Gasteiger partial charge on any atom is -0.383 e. The molecule has 228 valence electrons. The van der Waals surface area contributed by atoms with Crippen LogP contribution >= 0.6 is 0 Å². The second-order valence-corrected chi connectivity index (χ2v) is 11.3. The lowest BCUT2D eigenvalue weighted by Gasteiger charge is -2.32. The lowest BCUT2D eigenvalue weighted by atomic mass is 10.0. The van der Waals surface area contributed by atoms with Crippen LogP contribution < -0.4 is 16.6 Å². The number of fused-ring (bicyclic) bond motifs is 1. The number of hydrogen-bond acceptors (Lipinski definition) is 10. The molecular weight excluding hydrogens is 578 g/mol. The first-order chi connectivity index (χ1) is 22.5. The van der Waals surface area contributed by atoms with Gasteiger partial charge in [0.05, 0.1) is 16.8 Å². The van der Waals surface area contributed by atoms with E-state index >= 15 is 0 Å². The maximum Gasteiger partial charge on any atom is 0.259 e. The van der Waals surface area contributed by atoms with E-state index in [2.05, 4.69) is 49.4 Å². The van der Waals surface area contributed by atoms with Crippen LogP contribution in [-0.2, 0) is 13.6 Å². The lowest BCUT2D eigenvalue weighted by Crippen LogP contribution is -2.38. The average molecular weight is 610 g/mol. The first kappa shape index (κ1) is 28.8. The molecule has 1 aliphatic heterocycles. The second-order valence-electron chi connectivity index (χ2n) is 11.3. The number of nitrogens with zero attached hydrogens (tertiary/aromatic N) is 9. The van der Waals surface area contributed by atoms with E-state index in [0.29, 0.717) is 51.5 Å². The van der Waals surface area contributed by atoms with Crippen molar-refractivity contribution in [3.05, 3.63) is 107 Å². The van der Waals surface area contributed by atoms with Gasteiger partial charge in [0.2, 0.25) is 5.82 Å². The normalized spacial score (nSPS) is 13.9. The van der Waals surface area contributed by atoms with E-state index in [4.69, 9.17) is 21.0 Å². The molecule has 0 atom stereocenters. The van der Waals surface area contributed by atoms with E-state index in [0.717, 1.165) is 38.2 Å². The van der Waals surface area contributed by atoms with Gasteiger partial charge in [-0.05, 0) is 73.0 Å². The Bertz CT molecular complexity index is 2140. The number of piperidine rings is 1. The van der Waals surface area contributed by atoms with Crippen LogP contribution in [0.5, 0.6) is 0 Å². The molecule has 1 aliphatic rings. The maximum atomic E-state index is 12.9. The highest BCUT2D eigenvalue weighted by Gasteiger charge is 2.21. The third kappa shape index (κ3) is 5.67. The number of nitrogens with one attached hydrogen (secondary N) is 1. The van der Waals surface area contributed by atoms with Gasteiger partial charge in [-0.25, -0.2) is 24.9 Å². The zero-order valence-corrected chi connectivity index (χ0v) is 25.2. The second kappa shape index (κ2) is 12.2. The topological polar surface area (TPSA) is 156 Å². The summed E-state index contributed by atoms with van der Waals surface area (Å²) >= 11 is 0. The largest absolute Gasteiger partial charge is 0.383 e. The van der Waals surface area contributed by atoms with Crippen molar-refractivity contribution in [1.82, 2.24) is 39.0 Å². The van der Waals surface area contributed by atoms with Crippen LogP contribution in [0.15, 0.2) is 90.1 Å². The summed E-state index contributed by atoms with van der Waals surface area (Å²) in [5, 5.41) is 12.5. The summed E-state index contributed by atoms with van der Waals surface area (Å²) in [7, 11) is 1.73. The van der Waals surface area contributed by atoms with Crippen molar-refractivity contribution < 1.29 is 0 Å². The molecule has 6 heterocycles. The molecule has 0 unspecified atom stereocenters. The van der Waals surface area contributed by atoms with E-state index in [-0.39, 0.29) is 11.4 Å². The Morgan fingerprint density at radius 3 is 2.52 bits per heavy atom. The number of hydrogen-bond donors (Lipinski definition) is 2. The zero-order chi connectivity index (χ0) is 31.6. The van der Waals surface area contributed by atoms with Gasteiger partial charge in [0.1, 0.15) is 23.2 Å². The predicted molar refractivity (Wildman–Crippen MR) is 176 cm³/mol. The minimum absolute atomic E-state index is 0.122. The third-order valence-corrected chi connectivity index (χ3v) is 8.28. The van der Waals surface area contributed by atoms with Crippen molar-refractivity contribution in [3.8, 4) is 34.4 Å². The van der Waals surface area contributed by atoms with Gasteiger partial charge in [0.25, 0.3) is 5.56 Å². The molecule has 0 saturated carbocycles. The standard InChI is InChI=1S/C34H31N11O/c1-43-17-3-5-25(34(43)46)27-10-11-28-33(40-27)45(32(41-28)26-4-2-15-38-31(26)36)24-8-6-22(7-9-24)21-44-18-13-23(14-19-44)39-29-12-16-37-30(20-35)42-29/h2-12,15-17,23H,13-14,18-19,21H2,1H3,(H2,36,38)(H,37,39,42). The number of nitrogens with two attached hydrogens (primary N) is 1. The third-order valence-electron chi connectivity index (χ3n) is 8.28. The van der Waals surface area contributed by atoms with Crippen molar-refractivity contribution >= 4 is 22.8 Å². The lowest BCUT2D eigenvalue weighted by molar-refractivity contribution is 0.211. The van der Waals surface area contributed by atoms with E-state index in [1.165, 1.54) is 5.56 Å². The van der Waals surface area contributed by atoms with Gasteiger partial charge in [0.15, 0.2) is 11.5 Å². The Morgan fingerprint density at radius 1 is 0.935 bits per heavy atom. The van der Waals surface area contributed by atoms with Crippen LogP contribution in [0, 0.1) is 11.3 Å². The smallest absolute Gasteiger partial charge is 0.259 e. The number of pyridine rings is 3. The van der Waals surface area contributed by atoms with Crippen LogP contribution in [-0.4, -0.2) is 58.1 Å². The molecular formula is C34H31N11O. The SMILES string of the molecule is Cn1cccc(-c2ccc3nc(-c4cccnc4N)n(-c4ccc(CN5CCC(Nc6ccnc(C#N)n6)CC5)cc4)c3n2)c1=O. The van der Waals surface area contributed by atoms with E-state index < -0.39 is 0 Å². The van der Waals surface area contributed by atoms with Crippen LogP contribution in [0.25, 0.3) is 39.5 Å². The summed E-state index contributed by atoms with van der Waals surface area (Å²) in [6, 6.07) is 23.5. The summed E-state index contributed by atoms with van der Waals surface area (Å²) in [6.45, 7) is 2.71. The van der Waals surface area contributed by atoms with Crippen molar-refractivity contribution in [3.63, 3.8) is 0 Å². The van der Waals surface area contributed by atoms with Gasteiger partial charge in [-0.3, -0.25) is 14.3 Å². The maximum absolute atomic E-state index is 12.9. The summed E-state index contributed by atoms with van der Waals surface area (Å²) < 4.78 is 3.52. The molecule has 0 amide bonds. The predicted octanol–water partition coefficient (Wildman–Crippen LogP) is 4.17. The molecule has 0 bridgehead atoms. The molecule has 0 radical (unpaired) electrons. The molecule has 0 spiro atoms. The van der Waals surface area contributed by atoms with Gasteiger partial charge < -0.3 is 15.6 Å². The fourth-order valence-corrected chi connectivity index (χ4v) is 5.88. The van der Waals surface area contributed by atoms with Crippen LogP contribution in [0.1, 0.15) is 24.2 Å². The fraction of sp³-hybridized carbons (Fsp3) is 0.206. The summed E-state index contributed by atoms with van der Waals surface area (Å²) in [6.07, 6.45) is 6.93. The van der Waals surface area contributed by atoms with Crippen LogP contribution in [0.3, 0.4) is 0 Å². The number of nitriles is 1. The molecule has 5 aromatic heterocycles. The number of nitrogen functional groups attached to an aromatic ring is 1. The van der Waals surface area contributed by atoms with Crippen LogP contribution in [0.2, 0.25) is 0 Å². The molecule has 6 aromatic rings. The molecule has 0 aliphatic carbocycles. The Morgan fingerprint density at radius 2 is 1.74 bits per heavy atom. The number of aryl methyl sites for hydroxylation is 1. The molecule has 7 rings (SSSR count). The highest BCUT2D eigenvalue weighted by molar-refractivity contribution is 5.84. The van der Waals surface area contributed by atoms with Gasteiger partial charge in [-0.15, -0.1) is 0 Å². The van der Waals surface area contributed by atoms with E-state index in [1.54, 1.807) is 42.3 Å². The highest BCUT2D eigenvalue weighted by atomic mass is 16.1. The van der Waals surface area contributed by atoms with Gasteiger partial charge >= 0.3 is 0 Å². The molecule has 12 heteroatoms. The molecule has 1 saturated heterocycles. The minimum atomic E-state index is -0.122. The summed E-state index contributed by atoms with van der Waals surface area (Å²) in [5.74, 6) is 1.85. The quantitative estimate of drug-likeness (QED) is 0.269. The zero-order valence-electron chi connectivity index (χ0n) is 25.2. The Kier molecular flexibility index (Phi) is 7.66. The van der Waals surface area contributed by atoms with Crippen molar-refractivity contribution in [1.29, 1.82) is 5.26 Å².